The second-order valence-electron chi connectivity index (χ2n) is 4.58. The van der Waals surface area contributed by atoms with E-state index < -0.39 is 11.6 Å². The first-order valence-electron chi connectivity index (χ1n) is 6.70. The highest BCUT2D eigenvalue weighted by molar-refractivity contribution is 7.99. The van der Waals surface area contributed by atoms with Gasteiger partial charge >= 0.3 is 0 Å². The minimum absolute atomic E-state index is 0.205. The lowest BCUT2D eigenvalue weighted by atomic mass is 10.2. The first kappa shape index (κ1) is 15.8. The van der Waals surface area contributed by atoms with Crippen molar-refractivity contribution in [1.29, 1.82) is 0 Å². The summed E-state index contributed by atoms with van der Waals surface area (Å²) in [6.07, 6.45) is 0.774. The molecule has 0 spiro atoms. The molecule has 0 saturated heterocycles. The second kappa shape index (κ2) is 8.00. The van der Waals surface area contributed by atoms with Crippen molar-refractivity contribution in [2.45, 2.75) is 17.9 Å². The Balaban J connectivity index is 1.88. The van der Waals surface area contributed by atoms with Crippen molar-refractivity contribution >= 4 is 17.4 Å². The number of aliphatic hydroxyl groups is 1. The molecule has 0 saturated carbocycles. The Labute approximate surface area is 127 Å². The third kappa shape index (κ3) is 5.36. The van der Waals surface area contributed by atoms with Crippen LogP contribution in [0.25, 0.3) is 0 Å². The van der Waals surface area contributed by atoms with Crippen LogP contribution in [0, 0.1) is 11.6 Å². The molecular formula is C16H17F2NOS. The maximum atomic E-state index is 13.1. The molecule has 0 heterocycles. The molecule has 0 aliphatic carbocycles. The van der Waals surface area contributed by atoms with E-state index in [0.29, 0.717) is 12.1 Å². The molecule has 0 fully saturated rings. The van der Waals surface area contributed by atoms with Crippen LogP contribution >= 0.6 is 11.8 Å². The van der Waals surface area contributed by atoms with Crippen molar-refractivity contribution in [3.8, 4) is 0 Å². The number of hydrogen-bond donors (Lipinski definition) is 2. The van der Waals surface area contributed by atoms with E-state index in [1.165, 1.54) is 12.1 Å². The van der Waals surface area contributed by atoms with Gasteiger partial charge in [0.2, 0.25) is 0 Å². The van der Waals surface area contributed by atoms with Gasteiger partial charge in [-0.15, -0.1) is 11.8 Å². The maximum absolute atomic E-state index is 13.1. The third-order valence-electron chi connectivity index (χ3n) is 2.84. The summed E-state index contributed by atoms with van der Waals surface area (Å²) in [5.74, 6) is -0.254. The molecule has 2 N–H and O–H groups in total. The number of thioether (sulfide) groups is 1. The van der Waals surface area contributed by atoms with E-state index in [2.05, 4.69) is 5.32 Å². The Morgan fingerprint density at radius 3 is 2.29 bits per heavy atom. The number of halogens is 2. The van der Waals surface area contributed by atoms with Gasteiger partial charge in [0, 0.05) is 35.6 Å². The fourth-order valence-electron chi connectivity index (χ4n) is 1.84. The molecule has 0 aromatic heterocycles. The summed E-state index contributed by atoms with van der Waals surface area (Å²) in [4.78, 5) is 1.13. The van der Waals surface area contributed by atoms with Gasteiger partial charge < -0.3 is 10.4 Å². The summed E-state index contributed by atoms with van der Waals surface area (Å²) >= 11 is 1.69. The van der Waals surface area contributed by atoms with Crippen LogP contribution in [-0.4, -0.2) is 17.5 Å². The second-order valence-corrected chi connectivity index (χ2v) is 5.75. The van der Waals surface area contributed by atoms with Crippen LogP contribution in [0.4, 0.5) is 14.5 Å². The molecule has 112 valence electrons. The Morgan fingerprint density at radius 2 is 1.67 bits per heavy atom. The van der Waals surface area contributed by atoms with Crippen LogP contribution in [-0.2, 0) is 6.54 Å². The van der Waals surface area contributed by atoms with E-state index in [4.69, 9.17) is 5.11 Å². The van der Waals surface area contributed by atoms with Crippen LogP contribution in [0.15, 0.2) is 47.4 Å². The first-order chi connectivity index (χ1) is 10.2. The van der Waals surface area contributed by atoms with Crippen molar-refractivity contribution in [2.75, 3.05) is 17.7 Å². The zero-order chi connectivity index (χ0) is 15.1. The predicted molar refractivity (Wildman–Crippen MR) is 82.6 cm³/mol. The molecule has 0 bridgehead atoms. The molecular weight excluding hydrogens is 292 g/mol. The number of aliphatic hydroxyl groups excluding tert-OH is 1. The van der Waals surface area contributed by atoms with Crippen LogP contribution in [0.2, 0.25) is 0 Å². The van der Waals surface area contributed by atoms with E-state index in [1.54, 1.807) is 11.8 Å². The Morgan fingerprint density at radius 1 is 1.00 bits per heavy atom. The summed E-state index contributed by atoms with van der Waals surface area (Å²) in [5, 5.41) is 11.9. The third-order valence-corrected chi connectivity index (χ3v) is 3.94. The van der Waals surface area contributed by atoms with Crippen molar-refractivity contribution in [3.63, 3.8) is 0 Å². The minimum atomic E-state index is -0.567. The molecule has 0 aliphatic heterocycles. The van der Waals surface area contributed by atoms with E-state index in [1.807, 2.05) is 24.3 Å². The van der Waals surface area contributed by atoms with Gasteiger partial charge in [-0.3, -0.25) is 0 Å². The number of benzene rings is 2. The molecule has 2 aromatic carbocycles. The van der Waals surface area contributed by atoms with Gasteiger partial charge in [0.05, 0.1) is 0 Å². The zero-order valence-electron chi connectivity index (χ0n) is 11.5. The first-order valence-corrected chi connectivity index (χ1v) is 7.68. The summed E-state index contributed by atoms with van der Waals surface area (Å²) in [6, 6.07) is 11.3. The van der Waals surface area contributed by atoms with Crippen LogP contribution in [0.1, 0.15) is 12.0 Å². The summed E-state index contributed by atoms with van der Waals surface area (Å²) in [5.41, 5.74) is 1.46. The predicted octanol–water partition coefficient (Wildman–Crippen LogP) is 4.05. The molecule has 0 aliphatic rings. The lowest BCUT2D eigenvalue weighted by Crippen LogP contribution is -2.00. The van der Waals surface area contributed by atoms with Crippen molar-refractivity contribution in [1.82, 2.24) is 0 Å². The van der Waals surface area contributed by atoms with Gasteiger partial charge in [-0.2, -0.15) is 0 Å². The number of nitrogens with one attached hydrogen (secondary N) is 1. The quantitative estimate of drug-likeness (QED) is 0.598. The highest BCUT2D eigenvalue weighted by Gasteiger charge is 2.01. The molecule has 2 aromatic rings. The molecule has 21 heavy (non-hydrogen) atoms. The Kier molecular flexibility index (Phi) is 6.02. The van der Waals surface area contributed by atoms with Crippen molar-refractivity contribution in [2.24, 2.45) is 0 Å². The standard InChI is InChI=1S/C16H17F2NOS/c17-13-8-12(9-14(18)10-13)11-19-15-2-4-16(5-3-15)21-7-1-6-20/h2-5,8-10,19-20H,1,6-7,11H2. The van der Waals surface area contributed by atoms with Gasteiger partial charge in [-0.1, -0.05) is 0 Å². The van der Waals surface area contributed by atoms with E-state index >= 15 is 0 Å². The topological polar surface area (TPSA) is 32.3 Å². The van der Waals surface area contributed by atoms with Crippen molar-refractivity contribution < 1.29 is 13.9 Å². The van der Waals surface area contributed by atoms with Crippen LogP contribution in [0.5, 0.6) is 0 Å². The van der Waals surface area contributed by atoms with E-state index in [0.717, 1.165) is 28.8 Å². The number of hydrogen-bond acceptors (Lipinski definition) is 3. The average Bonchev–Trinajstić information content (AvgIpc) is 2.46. The van der Waals surface area contributed by atoms with Gasteiger partial charge in [-0.05, 0) is 48.4 Å². The maximum Gasteiger partial charge on any atom is 0.126 e. The average molecular weight is 309 g/mol. The normalized spacial score (nSPS) is 10.6. The summed E-state index contributed by atoms with van der Waals surface area (Å²) in [6.45, 7) is 0.572. The highest BCUT2D eigenvalue weighted by Crippen LogP contribution is 2.21. The lowest BCUT2D eigenvalue weighted by molar-refractivity contribution is 0.296. The van der Waals surface area contributed by atoms with Gasteiger partial charge in [-0.25, -0.2) is 8.78 Å². The molecule has 0 atom stereocenters. The fraction of sp³-hybridized carbons (Fsp3) is 0.250. The summed E-state index contributed by atoms with van der Waals surface area (Å²) < 4.78 is 26.1. The zero-order valence-corrected chi connectivity index (χ0v) is 12.3. The SMILES string of the molecule is OCCCSc1ccc(NCc2cc(F)cc(F)c2)cc1. The van der Waals surface area contributed by atoms with Crippen LogP contribution in [0.3, 0.4) is 0 Å². The minimum Gasteiger partial charge on any atom is -0.396 e. The van der Waals surface area contributed by atoms with E-state index in [9.17, 15) is 8.78 Å². The molecule has 5 heteroatoms. The van der Waals surface area contributed by atoms with Gasteiger partial charge in [0.1, 0.15) is 11.6 Å². The van der Waals surface area contributed by atoms with Gasteiger partial charge in [0.25, 0.3) is 0 Å². The largest absolute Gasteiger partial charge is 0.396 e. The highest BCUT2D eigenvalue weighted by atomic mass is 32.2. The van der Waals surface area contributed by atoms with Crippen molar-refractivity contribution in [3.05, 3.63) is 59.7 Å². The van der Waals surface area contributed by atoms with E-state index in [-0.39, 0.29) is 6.61 Å². The molecule has 2 rings (SSSR count). The fourth-order valence-corrected chi connectivity index (χ4v) is 2.68. The Hall–Kier alpha value is -1.59. The lowest BCUT2D eigenvalue weighted by Gasteiger charge is -2.08. The monoisotopic (exact) mass is 309 g/mol. The molecule has 0 amide bonds. The van der Waals surface area contributed by atoms with Crippen LogP contribution < -0.4 is 5.32 Å². The smallest absolute Gasteiger partial charge is 0.126 e. The molecule has 0 radical (unpaired) electrons. The van der Waals surface area contributed by atoms with Gasteiger partial charge in [0.15, 0.2) is 0 Å². The summed E-state index contributed by atoms with van der Waals surface area (Å²) in [7, 11) is 0. The number of anilines is 1. The molecule has 2 nitrogen and oxygen atoms in total. The molecule has 0 unspecified atom stereocenters. The Bertz CT molecular complexity index is 555. The number of rotatable bonds is 7.